The molecule has 1 spiro atoms. The van der Waals surface area contributed by atoms with Gasteiger partial charge in [-0.25, -0.2) is 9.59 Å². The smallest absolute Gasteiger partial charge is 0.601 e. The van der Waals surface area contributed by atoms with Crippen LogP contribution < -0.4 is 9.31 Å². The minimum atomic E-state index is -2.87. The molecule has 6 aromatic rings. The van der Waals surface area contributed by atoms with Crippen molar-refractivity contribution in [2.75, 3.05) is 13.2 Å². The fourth-order valence-corrected chi connectivity index (χ4v) is 9.04. The molecule has 268 valence electrons. The van der Waals surface area contributed by atoms with Crippen molar-refractivity contribution in [3.8, 4) is 22.6 Å². The number of nitrogens with zero attached hydrogens (tertiary/aromatic N) is 2. The summed E-state index contributed by atoms with van der Waals surface area (Å²) in [5.74, 6) is 0.362. The second-order valence-corrected chi connectivity index (χ2v) is 14.0. The Bertz CT molecular complexity index is 2630. The first-order chi connectivity index (χ1) is 26.2. The minimum absolute atomic E-state index is 0.221. The lowest BCUT2D eigenvalue weighted by Gasteiger charge is -2.42. The Morgan fingerprint density at radius 2 is 1.22 bits per heavy atom. The van der Waals surface area contributed by atoms with Crippen molar-refractivity contribution in [2.24, 2.45) is 0 Å². The Morgan fingerprint density at radius 3 is 1.80 bits per heavy atom. The van der Waals surface area contributed by atoms with Crippen LogP contribution in [0.5, 0.6) is 11.5 Å². The SMILES string of the molecule is CCOC(=O)C1=C(C)C2=C(c3ccccc3)c3c(C)c(C(=O)OCC)c(C)n3[B-]3(Oc4ccc5ccccc5c4-c4c(ccc5ccccc45)O3)[N+]2=C1C. The zero-order chi connectivity index (χ0) is 37.5. The molecule has 1 aromatic heterocycles. The third kappa shape index (κ3) is 4.54. The Hall–Kier alpha value is -6.35. The molecule has 9 heteroatoms. The Balaban J connectivity index is 1.48. The van der Waals surface area contributed by atoms with Gasteiger partial charge in [0.25, 0.3) is 0 Å². The van der Waals surface area contributed by atoms with Gasteiger partial charge in [-0.05, 0) is 79.4 Å². The Labute approximate surface area is 313 Å². The second kappa shape index (κ2) is 12.4. The zero-order valence-electron chi connectivity index (χ0n) is 31.2. The van der Waals surface area contributed by atoms with Gasteiger partial charge in [-0.15, -0.1) is 0 Å². The van der Waals surface area contributed by atoms with Crippen molar-refractivity contribution in [1.29, 1.82) is 0 Å². The molecular weight excluding hydrogens is 675 g/mol. The molecule has 0 fully saturated rings. The number of carbonyl (C=O) groups is 2. The van der Waals surface area contributed by atoms with E-state index >= 15 is 0 Å². The lowest BCUT2D eigenvalue weighted by Crippen LogP contribution is -2.67. The molecular formula is C45H39BN2O6. The summed E-state index contributed by atoms with van der Waals surface area (Å²) >= 11 is 0. The highest BCUT2D eigenvalue weighted by Crippen LogP contribution is 2.53. The van der Waals surface area contributed by atoms with Crippen LogP contribution in [0.2, 0.25) is 0 Å². The highest BCUT2D eigenvalue weighted by molar-refractivity contribution is 6.62. The summed E-state index contributed by atoms with van der Waals surface area (Å²) in [5.41, 5.74) is 8.62. The van der Waals surface area contributed by atoms with E-state index in [2.05, 4.69) is 36.4 Å². The van der Waals surface area contributed by atoms with Crippen molar-refractivity contribution in [3.05, 3.63) is 148 Å². The number of esters is 2. The molecule has 0 unspecified atom stereocenters. The van der Waals surface area contributed by atoms with Crippen molar-refractivity contribution in [3.63, 3.8) is 0 Å². The first kappa shape index (κ1) is 33.5. The maximum absolute atomic E-state index is 13.9. The standard InChI is InChI=1S/C45H39BN2O6/c1-7-51-44(49)37-26(3)42-39(32-18-10-9-11-19-32)43-27(4)38(45(50)52-8-2)29(6)48(43)46(47(42)28(37)5)53-35-24-22-30-16-12-14-20-33(30)40(35)41-34-21-15-13-17-31(34)23-25-36(41)54-46/h9-25H,7-8H2,1-6H3. The molecule has 0 aliphatic carbocycles. The maximum Gasteiger partial charge on any atom is 0.780 e. The van der Waals surface area contributed by atoms with Crippen LogP contribution in [0.15, 0.2) is 120 Å². The summed E-state index contributed by atoms with van der Waals surface area (Å²) in [6.07, 6.45) is 0. The van der Waals surface area contributed by atoms with E-state index in [9.17, 15) is 9.59 Å². The van der Waals surface area contributed by atoms with E-state index in [1.54, 1.807) is 13.8 Å². The number of carbonyl (C=O) groups excluding carboxylic acids is 2. The van der Waals surface area contributed by atoms with Gasteiger partial charge < -0.3 is 27.7 Å². The van der Waals surface area contributed by atoms with Crippen molar-refractivity contribution in [2.45, 2.75) is 41.5 Å². The Morgan fingerprint density at radius 1 is 0.685 bits per heavy atom. The second-order valence-electron chi connectivity index (χ2n) is 14.0. The molecule has 8 nitrogen and oxygen atoms in total. The number of fused-ring (bicyclic) bond motifs is 11. The van der Waals surface area contributed by atoms with Gasteiger partial charge in [0.2, 0.25) is 0 Å². The van der Waals surface area contributed by atoms with E-state index in [1.165, 1.54) is 0 Å². The molecule has 0 atom stereocenters. The van der Waals surface area contributed by atoms with Crippen LogP contribution in [-0.4, -0.2) is 46.7 Å². The third-order valence-corrected chi connectivity index (χ3v) is 11.1. The summed E-state index contributed by atoms with van der Waals surface area (Å²) in [7, 11) is 0. The van der Waals surface area contributed by atoms with E-state index in [0.29, 0.717) is 34.0 Å². The molecule has 0 saturated carbocycles. The number of allylic oxidation sites excluding steroid dienone is 1. The van der Waals surface area contributed by atoms with Crippen LogP contribution in [0.3, 0.4) is 0 Å². The summed E-state index contributed by atoms with van der Waals surface area (Å²) in [6.45, 7) is 8.91. The first-order valence-electron chi connectivity index (χ1n) is 18.5. The highest BCUT2D eigenvalue weighted by Gasteiger charge is 2.63. The molecule has 0 radical (unpaired) electrons. The summed E-state index contributed by atoms with van der Waals surface area (Å²) in [5, 5.41) is 4.14. The van der Waals surface area contributed by atoms with E-state index in [0.717, 1.165) is 66.3 Å². The van der Waals surface area contributed by atoms with Crippen LogP contribution >= 0.6 is 0 Å². The van der Waals surface area contributed by atoms with Gasteiger partial charge in [-0.2, -0.15) is 0 Å². The molecule has 0 amide bonds. The first-order valence-corrected chi connectivity index (χ1v) is 18.5. The lowest BCUT2D eigenvalue weighted by atomic mass is 9.77. The Kier molecular flexibility index (Phi) is 7.67. The predicted molar refractivity (Wildman–Crippen MR) is 212 cm³/mol. The molecule has 0 N–H and O–H groups in total. The molecule has 0 saturated heterocycles. The van der Waals surface area contributed by atoms with Crippen molar-refractivity contribution >= 4 is 51.6 Å². The van der Waals surface area contributed by atoms with Crippen LogP contribution in [-0.2, 0) is 14.3 Å². The lowest BCUT2D eigenvalue weighted by molar-refractivity contribution is -0.372. The molecule has 3 aliphatic heterocycles. The maximum atomic E-state index is 13.9. The van der Waals surface area contributed by atoms with Crippen molar-refractivity contribution < 1.29 is 32.9 Å². The van der Waals surface area contributed by atoms with Crippen LogP contribution in [0.1, 0.15) is 60.6 Å². The minimum Gasteiger partial charge on any atom is -0.601 e. The average molecular weight is 715 g/mol. The predicted octanol–water partition coefficient (Wildman–Crippen LogP) is 9.15. The molecule has 5 aromatic carbocycles. The number of rotatable bonds is 5. The molecule has 9 rings (SSSR count). The molecule has 0 bridgehead atoms. The molecule has 4 heterocycles. The fraction of sp³-hybridized carbons (Fsp3) is 0.178. The quantitative estimate of drug-likeness (QED) is 0.131. The van der Waals surface area contributed by atoms with E-state index in [-0.39, 0.29) is 13.2 Å². The van der Waals surface area contributed by atoms with Gasteiger partial charge in [-0.3, -0.25) is 0 Å². The monoisotopic (exact) mass is 714 g/mol. The largest absolute Gasteiger partial charge is 0.780 e. The fourth-order valence-electron chi connectivity index (χ4n) is 9.04. The number of hydrogen-bond acceptors (Lipinski definition) is 6. The average Bonchev–Trinajstić information content (AvgIpc) is 3.53. The zero-order valence-corrected chi connectivity index (χ0v) is 31.2. The van der Waals surface area contributed by atoms with Crippen LogP contribution in [0.25, 0.3) is 38.2 Å². The summed E-state index contributed by atoms with van der Waals surface area (Å²) in [6, 6.07) is 34.7. The summed E-state index contributed by atoms with van der Waals surface area (Å²) in [4.78, 5) is 27.9. The van der Waals surface area contributed by atoms with E-state index < -0.39 is 18.8 Å². The molecule has 3 aliphatic rings. The van der Waals surface area contributed by atoms with Crippen LogP contribution in [0.4, 0.5) is 0 Å². The van der Waals surface area contributed by atoms with Gasteiger partial charge in [0.1, 0.15) is 11.3 Å². The molecule has 54 heavy (non-hydrogen) atoms. The van der Waals surface area contributed by atoms with Crippen molar-refractivity contribution in [1.82, 2.24) is 4.48 Å². The van der Waals surface area contributed by atoms with Gasteiger partial charge in [0, 0.05) is 35.0 Å². The van der Waals surface area contributed by atoms with Crippen LogP contribution in [0, 0.1) is 13.8 Å². The number of aromatic nitrogens is 1. The topological polar surface area (TPSA) is 79.0 Å². The summed E-state index contributed by atoms with van der Waals surface area (Å²) < 4.78 is 30.7. The van der Waals surface area contributed by atoms with Gasteiger partial charge in [0.15, 0.2) is 5.70 Å². The van der Waals surface area contributed by atoms with E-state index in [4.69, 9.17) is 18.8 Å². The number of benzene rings is 5. The van der Waals surface area contributed by atoms with Gasteiger partial charge >= 0.3 is 18.8 Å². The van der Waals surface area contributed by atoms with E-state index in [1.807, 2.05) is 103 Å². The highest BCUT2D eigenvalue weighted by atomic mass is 16.6. The number of ether oxygens (including phenoxy) is 2. The van der Waals surface area contributed by atoms with Gasteiger partial charge in [0.05, 0.1) is 35.8 Å². The third-order valence-electron chi connectivity index (χ3n) is 11.1. The van der Waals surface area contributed by atoms with Gasteiger partial charge in [-0.1, -0.05) is 91.0 Å². The normalized spacial score (nSPS) is 15.4. The number of hydrogen-bond donors (Lipinski definition) is 0.